The third-order valence-electron chi connectivity index (χ3n) is 8.52. The van der Waals surface area contributed by atoms with Gasteiger partial charge in [0.05, 0.1) is 38.6 Å². The van der Waals surface area contributed by atoms with E-state index >= 15 is 0 Å². The van der Waals surface area contributed by atoms with Crippen LogP contribution in [0.15, 0.2) is 34.6 Å². The summed E-state index contributed by atoms with van der Waals surface area (Å²) in [5.74, 6) is -0.00209. The van der Waals surface area contributed by atoms with E-state index in [-0.39, 0.29) is 39.4 Å². The number of quaternary nitrogens is 2. The zero-order valence-corrected chi connectivity index (χ0v) is 32.0. The molecule has 4 rings (SSSR count). The first kappa shape index (κ1) is 50.0. The zero-order chi connectivity index (χ0) is 39.9. The molecule has 2 aliphatic rings. The maximum absolute atomic E-state index is 12.5. The Bertz CT molecular complexity index is 1320. The minimum Gasteiger partial charge on any atom is -0.872 e. The van der Waals surface area contributed by atoms with Crippen molar-refractivity contribution >= 4 is 26.9 Å². The van der Waals surface area contributed by atoms with Crippen LogP contribution in [-0.4, -0.2) is 63.5 Å². The Morgan fingerprint density at radius 3 is 1.08 bits per heavy atom. The Kier molecular flexibility index (Phi) is 21.1. The molecule has 2 saturated heterocycles. The summed E-state index contributed by atoms with van der Waals surface area (Å²) in [5, 5.41) is 48.6. The van der Waals surface area contributed by atoms with Crippen molar-refractivity contribution in [2.75, 3.05) is 26.2 Å². The fourth-order valence-corrected chi connectivity index (χ4v) is 5.87. The number of hydrogen-bond acceptors (Lipinski definition) is 6. The fourth-order valence-electron chi connectivity index (χ4n) is 5.87. The van der Waals surface area contributed by atoms with Crippen LogP contribution in [0, 0.1) is 0 Å². The smallest absolute Gasteiger partial charge is 0.872 e. The summed E-state index contributed by atoms with van der Waals surface area (Å²) in [6, 6.07) is 7.77. The summed E-state index contributed by atoms with van der Waals surface area (Å²) in [6.07, 6.45) is 10.1. The summed E-state index contributed by atoms with van der Waals surface area (Å²) in [6.45, 7) is 18.9. The molecule has 2 aliphatic heterocycles. The standard InChI is InChI=1S/2C17H26N2O2.2BF4.Cu/c2*1-17(2,3)15-9-13(11-18-21)16(20)14(10-15)12-19-7-5-4-6-8-19;2*2-1(3,4)5;/h2*9-11,20-21H,4-8,12H2,1-3H3;;;/q;;2*-1;+2/b2*18-11+;;;. The molecule has 4 N–H and O–H groups in total. The number of rotatable bonds is 6. The van der Waals surface area contributed by atoms with Crippen molar-refractivity contribution < 1.29 is 82.0 Å². The second-order valence-corrected chi connectivity index (χ2v) is 15.1. The number of benzene rings is 2. The molecule has 2 aromatic carbocycles. The van der Waals surface area contributed by atoms with Crippen LogP contribution in [0.1, 0.15) is 113 Å². The number of nitrogens with one attached hydrogen (secondary N) is 2. The van der Waals surface area contributed by atoms with Crippen LogP contribution in [0.4, 0.5) is 34.5 Å². The second kappa shape index (κ2) is 22.4. The van der Waals surface area contributed by atoms with Crippen molar-refractivity contribution in [3.8, 4) is 11.5 Å². The Morgan fingerprint density at radius 1 is 0.585 bits per heavy atom. The third-order valence-corrected chi connectivity index (χ3v) is 8.52. The summed E-state index contributed by atoms with van der Waals surface area (Å²) in [4.78, 5) is 2.97. The average molecular weight is 818 g/mol. The summed E-state index contributed by atoms with van der Waals surface area (Å²) >= 11 is 0. The number of nitrogens with zero attached hydrogens (tertiary/aromatic N) is 2. The van der Waals surface area contributed by atoms with E-state index in [1.54, 1.807) is 0 Å². The van der Waals surface area contributed by atoms with Crippen LogP contribution in [0.3, 0.4) is 0 Å². The van der Waals surface area contributed by atoms with Gasteiger partial charge in [-0.3, -0.25) is 0 Å². The van der Waals surface area contributed by atoms with Gasteiger partial charge in [-0.25, -0.2) is 0 Å². The molecule has 305 valence electrons. The van der Waals surface area contributed by atoms with Crippen molar-refractivity contribution in [1.29, 1.82) is 0 Å². The van der Waals surface area contributed by atoms with E-state index in [1.165, 1.54) is 60.8 Å². The van der Waals surface area contributed by atoms with Gasteiger partial charge >= 0.3 is 31.6 Å². The third kappa shape index (κ3) is 21.5. The van der Waals surface area contributed by atoms with E-state index in [4.69, 9.17) is 10.4 Å². The van der Waals surface area contributed by atoms with Gasteiger partial charge in [-0.2, -0.15) is 0 Å². The van der Waals surface area contributed by atoms with Crippen LogP contribution in [-0.2, 0) is 41.0 Å². The van der Waals surface area contributed by atoms with Gasteiger partial charge in [0.25, 0.3) is 0 Å². The van der Waals surface area contributed by atoms with Crippen LogP contribution in [0.2, 0.25) is 0 Å². The summed E-state index contributed by atoms with van der Waals surface area (Å²) in [7, 11) is -12.0. The predicted octanol–water partition coefficient (Wildman–Crippen LogP) is 5.47. The SMILES string of the molecule is CC(C)(C)c1cc(/C=N/O)c([O-])c(C[NH+]2CCCCC2)c1.CC(C)(C)c1cc(/C=N/O)c([O-])c(C[NH+]2CCCCC2)c1.F[B-](F)(F)F.F[B-](F)(F)F.[Cu+2]. The monoisotopic (exact) mass is 817 g/mol. The largest absolute Gasteiger partial charge is 2.00 e. The van der Waals surface area contributed by atoms with Crippen molar-refractivity contribution in [1.82, 2.24) is 0 Å². The van der Waals surface area contributed by atoms with Gasteiger partial charge in [-0.1, -0.05) is 87.6 Å². The molecule has 0 bridgehead atoms. The zero-order valence-electron chi connectivity index (χ0n) is 31.0. The molecule has 0 aliphatic carbocycles. The predicted molar refractivity (Wildman–Crippen MR) is 185 cm³/mol. The van der Waals surface area contributed by atoms with Gasteiger partial charge in [0.1, 0.15) is 13.1 Å². The second-order valence-electron chi connectivity index (χ2n) is 15.1. The Morgan fingerprint density at radius 2 is 0.849 bits per heavy atom. The minimum atomic E-state index is -6.00. The first-order valence-electron chi connectivity index (χ1n) is 17.3. The van der Waals surface area contributed by atoms with Crippen LogP contribution in [0.5, 0.6) is 11.5 Å². The van der Waals surface area contributed by atoms with E-state index in [1.807, 2.05) is 24.3 Å². The molecule has 2 aromatic rings. The molecule has 1 radical (unpaired) electrons. The van der Waals surface area contributed by atoms with Crippen LogP contribution < -0.4 is 20.0 Å². The number of halogens is 8. The maximum atomic E-state index is 12.5. The number of likely N-dealkylation sites (tertiary alicyclic amines) is 2. The Hall–Kier alpha value is -3.01. The summed E-state index contributed by atoms with van der Waals surface area (Å²) in [5.41, 5.74) is 4.82. The Labute approximate surface area is 318 Å². The molecule has 0 aromatic heterocycles. The first-order valence-corrected chi connectivity index (χ1v) is 17.3. The van der Waals surface area contributed by atoms with E-state index in [2.05, 4.69) is 51.9 Å². The minimum absolute atomic E-state index is 0. The molecular weight excluding hydrogens is 766 g/mol. The Balaban J connectivity index is 0.000000802. The molecule has 0 unspecified atom stereocenters. The molecule has 2 heterocycles. The van der Waals surface area contributed by atoms with Crippen molar-refractivity contribution in [3.63, 3.8) is 0 Å². The molecule has 8 nitrogen and oxygen atoms in total. The van der Waals surface area contributed by atoms with Crippen molar-refractivity contribution in [2.45, 2.75) is 104 Å². The molecular formula is C34H52B2CuF8N4O4. The normalized spacial score (nSPS) is 16.1. The molecule has 19 heteroatoms. The molecule has 0 saturated carbocycles. The van der Waals surface area contributed by atoms with Crippen LogP contribution in [0.25, 0.3) is 0 Å². The van der Waals surface area contributed by atoms with Gasteiger partial charge < -0.3 is 65.0 Å². The van der Waals surface area contributed by atoms with E-state index in [0.29, 0.717) is 11.1 Å². The molecule has 53 heavy (non-hydrogen) atoms. The van der Waals surface area contributed by atoms with E-state index in [0.717, 1.165) is 61.5 Å². The van der Waals surface area contributed by atoms with Gasteiger partial charge in [0.2, 0.25) is 0 Å². The van der Waals surface area contributed by atoms with E-state index < -0.39 is 14.5 Å². The van der Waals surface area contributed by atoms with Crippen LogP contribution >= 0.6 is 0 Å². The van der Waals surface area contributed by atoms with Gasteiger partial charge in [-0.15, -0.1) is 0 Å². The quantitative estimate of drug-likeness (QED) is 0.102. The molecule has 2 fully saturated rings. The number of oxime groups is 2. The van der Waals surface area contributed by atoms with Crippen molar-refractivity contribution in [2.24, 2.45) is 10.3 Å². The van der Waals surface area contributed by atoms with E-state index in [9.17, 15) is 44.7 Å². The molecule has 0 spiro atoms. The molecule has 0 amide bonds. The van der Waals surface area contributed by atoms with Gasteiger partial charge in [0, 0.05) is 0 Å². The topological polar surface area (TPSA) is 120 Å². The fraction of sp³-hybridized carbons (Fsp3) is 0.588. The van der Waals surface area contributed by atoms with Crippen molar-refractivity contribution in [3.05, 3.63) is 57.6 Å². The number of hydrogen-bond donors (Lipinski definition) is 4. The van der Waals surface area contributed by atoms with Gasteiger partial charge in [0.15, 0.2) is 0 Å². The summed E-state index contributed by atoms with van der Waals surface area (Å²) < 4.78 is 78.0. The first-order chi connectivity index (χ1) is 23.8. The maximum Gasteiger partial charge on any atom is 2.00 e. The average Bonchev–Trinajstić information content (AvgIpc) is 3.00. The van der Waals surface area contributed by atoms with Gasteiger partial charge in [-0.05, 0) is 82.7 Å². The molecule has 0 atom stereocenters. The number of piperidine rings is 2.